The fourth-order valence-electron chi connectivity index (χ4n) is 1.71. The Kier molecular flexibility index (Phi) is 11.8. The first-order valence-electron chi connectivity index (χ1n) is 9.16. The van der Waals surface area contributed by atoms with Crippen LogP contribution in [0.3, 0.4) is 0 Å². The van der Waals surface area contributed by atoms with Crippen molar-refractivity contribution in [1.29, 1.82) is 0 Å². The lowest BCUT2D eigenvalue weighted by Crippen LogP contribution is -2.26. The van der Waals surface area contributed by atoms with Gasteiger partial charge in [0.1, 0.15) is 12.2 Å². The number of nitrogens with one attached hydrogen (secondary N) is 4. The van der Waals surface area contributed by atoms with E-state index < -0.39 is 0 Å². The minimum absolute atomic E-state index is 0.113. The summed E-state index contributed by atoms with van der Waals surface area (Å²) in [4.78, 5) is 31.9. The van der Waals surface area contributed by atoms with Crippen LogP contribution in [0, 0.1) is 0 Å². The number of hydrazine groups is 1. The van der Waals surface area contributed by atoms with Crippen LogP contribution in [0.25, 0.3) is 0 Å². The molecule has 0 saturated carbocycles. The lowest BCUT2D eigenvalue weighted by Gasteiger charge is -2.16. The number of aromatic nitrogens is 1. The van der Waals surface area contributed by atoms with E-state index in [9.17, 15) is 9.59 Å². The normalized spacial score (nSPS) is 11.1. The third kappa shape index (κ3) is 11.3. The van der Waals surface area contributed by atoms with Crippen LogP contribution in [0.4, 0.5) is 5.82 Å². The molecule has 160 valence electrons. The quantitative estimate of drug-likeness (QED) is 0.116. The zero-order chi connectivity index (χ0) is 21.5. The average molecular weight is 440 g/mol. The fraction of sp³-hybridized carbons (Fsp3) is 0.500. The summed E-state index contributed by atoms with van der Waals surface area (Å²) in [6.45, 7) is 9.90. The van der Waals surface area contributed by atoms with Gasteiger partial charge in [0.05, 0.1) is 11.1 Å². The molecule has 2 amide bonds. The molecule has 0 unspecified atom stereocenters. The molecule has 1 aromatic rings. The second kappa shape index (κ2) is 13.8. The van der Waals surface area contributed by atoms with E-state index in [1.807, 2.05) is 0 Å². The highest BCUT2D eigenvalue weighted by Gasteiger charge is 2.10. The number of hydrogen-bond donors (Lipinski definition) is 4. The van der Waals surface area contributed by atoms with E-state index in [4.69, 9.17) is 0 Å². The maximum atomic E-state index is 12.1. The number of amides is 2. The molecule has 0 aliphatic rings. The van der Waals surface area contributed by atoms with Crippen molar-refractivity contribution in [3.63, 3.8) is 0 Å². The molecular formula is C18H29N7O2S2. The molecule has 4 N–H and O–H groups in total. The van der Waals surface area contributed by atoms with Crippen molar-refractivity contribution in [3.05, 3.63) is 23.9 Å². The molecule has 9 nitrogen and oxygen atoms in total. The Morgan fingerprint density at radius 3 is 2.69 bits per heavy atom. The van der Waals surface area contributed by atoms with Gasteiger partial charge in [0.25, 0.3) is 5.91 Å². The SMILES string of the molecule is C=NNC(=O)CCSSCCNC(=O)c1ccc(NNC=NC(C)(C)CC)nc1. The van der Waals surface area contributed by atoms with Gasteiger partial charge in [0, 0.05) is 37.4 Å². The molecule has 0 atom stereocenters. The molecule has 0 saturated heterocycles. The summed E-state index contributed by atoms with van der Waals surface area (Å²) in [5, 5.41) is 6.16. The summed E-state index contributed by atoms with van der Waals surface area (Å²) in [6, 6.07) is 3.42. The number of nitrogens with zero attached hydrogens (tertiary/aromatic N) is 3. The van der Waals surface area contributed by atoms with Gasteiger partial charge >= 0.3 is 0 Å². The van der Waals surface area contributed by atoms with Crippen LogP contribution in [-0.2, 0) is 4.79 Å². The molecule has 0 aliphatic carbocycles. The number of carbonyl (C=O) groups excluding carboxylic acids is 2. The molecule has 0 aromatic carbocycles. The number of carbonyl (C=O) groups is 2. The van der Waals surface area contributed by atoms with Gasteiger partial charge in [-0.15, -0.1) is 0 Å². The predicted octanol–water partition coefficient (Wildman–Crippen LogP) is 2.45. The Hall–Kier alpha value is -2.27. The fourth-order valence-corrected chi connectivity index (χ4v) is 3.61. The zero-order valence-corrected chi connectivity index (χ0v) is 18.7. The van der Waals surface area contributed by atoms with Crippen molar-refractivity contribution in [3.8, 4) is 0 Å². The summed E-state index contributed by atoms with van der Waals surface area (Å²) in [5.41, 5.74) is 8.44. The van der Waals surface area contributed by atoms with Gasteiger partial charge in [-0.05, 0) is 32.4 Å². The summed E-state index contributed by atoms with van der Waals surface area (Å²) in [5.74, 6) is 1.67. The van der Waals surface area contributed by atoms with Crippen LogP contribution in [0.5, 0.6) is 0 Å². The number of pyridine rings is 1. The molecule has 1 rings (SSSR count). The predicted molar refractivity (Wildman–Crippen MR) is 123 cm³/mol. The highest BCUT2D eigenvalue weighted by molar-refractivity contribution is 8.76. The van der Waals surface area contributed by atoms with Gasteiger partial charge in [-0.2, -0.15) is 5.10 Å². The topological polar surface area (TPSA) is 120 Å². The standard InChI is InChI=1S/C18H29N7O2S2/c1-5-18(2,3)22-13-23-24-15-7-6-14(12-21-15)17(27)20-9-11-29-28-10-8-16(26)25-19-4/h6-7,12-13H,4-5,8-11H2,1-3H3,(H,20,27)(H,21,24)(H,22,23)(H,25,26). The summed E-state index contributed by atoms with van der Waals surface area (Å²) in [7, 11) is 3.17. The summed E-state index contributed by atoms with van der Waals surface area (Å²) in [6.07, 6.45) is 4.44. The second-order valence-electron chi connectivity index (χ2n) is 6.47. The Morgan fingerprint density at radius 2 is 2.03 bits per heavy atom. The van der Waals surface area contributed by atoms with Crippen molar-refractivity contribution < 1.29 is 9.59 Å². The van der Waals surface area contributed by atoms with Gasteiger partial charge in [-0.25, -0.2) is 10.4 Å². The molecule has 1 heterocycles. The van der Waals surface area contributed by atoms with E-state index in [1.165, 1.54) is 6.20 Å². The average Bonchev–Trinajstić information content (AvgIpc) is 2.71. The molecule has 29 heavy (non-hydrogen) atoms. The largest absolute Gasteiger partial charge is 0.351 e. The van der Waals surface area contributed by atoms with Crippen LogP contribution in [0.15, 0.2) is 28.4 Å². The van der Waals surface area contributed by atoms with E-state index in [0.717, 1.165) is 12.2 Å². The number of hydrogen-bond acceptors (Lipinski definition) is 8. The second-order valence-corrected chi connectivity index (χ2v) is 9.17. The summed E-state index contributed by atoms with van der Waals surface area (Å²) >= 11 is 0. The molecule has 0 spiro atoms. The van der Waals surface area contributed by atoms with E-state index in [-0.39, 0.29) is 17.4 Å². The van der Waals surface area contributed by atoms with Gasteiger partial charge < -0.3 is 5.32 Å². The third-order valence-electron chi connectivity index (χ3n) is 3.74. The Morgan fingerprint density at radius 1 is 1.28 bits per heavy atom. The first kappa shape index (κ1) is 24.8. The van der Waals surface area contributed by atoms with Crippen molar-refractivity contribution in [2.75, 3.05) is 23.5 Å². The molecule has 11 heteroatoms. The van der Waals surface area contributed by atoms with E-state index in [1.54, 1.807) is 40.1 Å². The van der Waals surface area contributed by atoms with E-state index >= 15 is 0 Å². The zero-order valence-electron chi connectivity index (χ0n) is 17.0. The maximum Gasteiger partial charge on any atom is 0.252 e. The highest BCUT2D eigenvalue weighted by Crippen LogP contribution is 2.21. The Labute approximate surface area is 179 Å². The van der Waals surface area contributed by atoms with Gasteiger partial charge in [0.2, 0.25) is 5.91 Å². The molecule has 0 fully saturated rings. The lowest BCUT2D eigenvalue weighted by atomic mass is 10.0. The smallest absolute Gasteiger partial charge is 0.252 e. The van der Waals surface area contributed by atoms with Crippen LogP contribution in [0.1, 0.15) is 44.0 Å². The monoisotopic (exact) mass is 439 g/mol. The lowest BCUT2D eigenvalue weighted by molar-refractivity contribution is -0.120. The number of rotatable bonds is 14. The first-order valence-corrected chi connectivity index (χ1v) is 11.6. The van der Waals surface area contributed by atoms with Crippen molar-refractivity contribution >= 4 is 52.3 Å². The number of hydrazone groups is 1. The van der Waals surface area contributed by atoms with Crippen LogP contribution in [-0.4, -0.2) is 53.4 Å². The molecule has 1 aromatic heterocycles. The maximum absolute atomic E-state index is 12.1. The highest BCUT2D eigenvalue weighted by atomic mass is 33.1. The minimum atomic E-state index is -0.176. The molecule has 0 bridgehead atoms. The van der Waals surface area contributed by atoms with Crippen LogP contribution < -0.4 is 21.6 Å². The van der Waals surface area contributed by atoms with Gasteiger partial charge in [-0.1, -0.05) is 28.5 Å². The Balaban J connectivity index is 2.22. The molecule has 0 radical (unpaired) electrons. The molecule has 0 aliphatic heterocycles. The van der Waals surface area contributed by atoms with Crippen LogP contribution in [0.2, 0.25) is 0 Å². The van der Waals surface area contributed by atoms with E-state index in [2.05, 4.69) is 64.2 Å². The minimum Gasteiger partial charge on any atom is -0.351 e. The first-order chi connectivity index (χ1) is 13.9. The van der Waals surface area contributed by atoms with Gasteiger partial charge in [0.15, 0.2) is 0 Å². The van der Waals surface area contributed by atoms with Crippen molar-refractivity contribution in [1.82, 2.24) is 21.2 Å². The third-order valence-corrected chi connectivity index (χ3v) is 6.15. The summed E-state index contributed by atoms with van der Waals surface area (Å²) < 4.78 is 0. The van der Waals surface area contributed by atoms with Crippen LogP contribution >= 0.6 is 21.6 Å². The van der Waals surface area contributed by atoms with E-state index in [0.29, 0.717) is 30.1 Å². The van der Waals surface area contributed by atoms with Crippen molar-refractivity contribution in [2.45, 2.75) is 39.2 Å². The Bertz CT molecular complexity index is 681. The molecular weight excluding hydrogens is 410 g/mol. The number of aliphatic imine (C=N–C) groups is 1. The van der Waals surface area contributed by atoms with Crippen molar-refractivity contribution in [2.24, 2.45) is 10.1 Å². The number of anilines is 1. The van der Waals surface area contributed by atoms with Gasteiger partial charge in [-0.3, -0.25) is 25.4 Å².